The number of nitrogens with two attached hydrogens (primary N) is 1. The first-order valence-corrected chi connectivity index (χ1v) is 5.18. The third-order valence-electron chi connectivity index (χ3n) is 2.54. The van der Waals surface area contributed by atoms with Crippen molar-refractivity contribution in [1.29, 1.82) is 0 Å². The fourth-order valence-electron chi connectivity index (χ4n) is 1.93. The Labute approximate surface area is 90.6 Å². The molecule has 0 fully saturated rings. The van der Waals surface area contributed by atoms with Crippen molar-refractivity contribution in [2.24, 2.45) is 10.7 Å². The fourth-order valence-corrected chi connectivity index (χ4v) is 1.93. The van der Waals surface area contributed by atoms with Gasteiger partial charge in [0.2, 0.25) is 0 Å². The summed E-state index contributed by atoms with van der Waals surface area (Å²) in [6.07, 6.45) is 0. The van der Waals surface area contributed by atoms with Crippen molar-refractivity contribution in [3.63, 3.8) is 0 Å². The fraction of sp³-hybridized carbons (Fsp3) is 0.417. The van der Waals surface area contributed by atoms with Gasteiger partial charge < -0.3 is 10.6 Å². The second-order valence-corrected chi connectivity index (χ2v) is 4.81. The molecule has 0 unspecified atom stereocenters. The van der Waals surface area contributed by atoms with Crippen molar-refractivity contribution in [1.82, 2.24) is 0 Å². The number of benzene rings is 1. The molecule has 2 rings (SSSR count). The minimum atomic E-state index is -0.0376. The lowest BCUT2D eigenvalue weighted by Crippen LogP contribution is -2.51. The average molecular weight is 203 g/mol. The topological polar surface area (TPSA) is 41.6 Å². The molecule has 0 radical (unpaired) electrons. The maximum Gasteiger partial charge on any atom is 0.196 e. The zero-order valence-corrected chi connectivity index (χ0v) is 9.49. The van der Waals surface area contributed by atoms with Gasteiger partial charge in [-0.25, -0.2) is 4.99 Å². The van der Waals surface area contributed by atoms with E-state index in [0.717, 1.165) is 0 Å². The Morgan fingerprint density at radius 1 is 1.27 bits per heavy atom. The van der Waals surface area contributed by atoms with E-state index in [0.29, 0.717) is 12.5 Å². The molecule has 0 saturated carbocycles. The first kappa shape index (κ1) is 10.0. The summed E-state index contributed by atoms with van der Waals surface area (Å²) in [6.45, 7) is 7.10. The SMILES string of the molecule is CC(C)(C)N1C(N)=NCc2ccccc21. The van der Waals surface area contributed by atoms with Crippen molar-refractivity contribution < 1.29 is 0 Å². The van der Waals surface area contributed by atoms with Gasteiger partial charge >= 0.3 is 0 Å². The lowest BCUT2D eigenvalue weighted by Gasteiger charge is -2.39. The summed E-state index contributed by atoms with van der Waals surface area (Å²) in [5, 5.41) is 0. The molecule has 0 spiro atoms. The summed E-state index contributed by atoms with van der Waals surface area (Å²) in [4.78, 5) is 6.43. The van der Waals surface area contributed by atoms with Crippen LogP contribution in [0.1, 0.15) is 26.3 Å². The van der Waals surface area contributed by atoms with Gasteiger partial charge in [-0.2, -0.15) is 0 Å². The number of rotatable bonds is 0. The lowest BCUT2D eigenvalue weighted by molar-refractivity contribution is 0.563. The van der Waals surface area contributed by atoms with Gasteiger partial charge in [0, 0.05) is 11.2 Å². The van der Waals surface area contributed by atoms with Gasteiger partial charge in [0.05, 0.1) is 6.54 Å². The molecule has 15 heavy (non-hydrogen) atoms. The van der Waals surface area contributed by atoms with Crippen LogP contribution in [0.3, 0.4) is 0 Å². The van der Waals surface area contributed by atoms with Gasteiger partial charge in [-0.1, -0.05) is 18.2 Å². The molecule has 1 aliphatic rings. The van der Waals surface area contributed by atoms with Crippen LogP contribution in [0.2, 0.25) is 0 Å². The zero-order valence-electron chi connectivity index (χ0n) is 9.49. The number of aliphatic imine (C=N–C) groups is 1. The molecule has 0 amide bonds. The molecule has 1 aromatic carbocycles. The molecule has 80 valence electrons. The quantitative estimate of drug-likeness (QED) is 0.701. The molecule has 0 aliphatic carbocycles. The van der Waals surface area contributed by atoms with E-state index in [1.165, 1.54) is 11.3 Å². The van der Waals surface area contributed by atoms with E-state index in [-0.39, 0.29) is 5.54 Å². The molecule has 1 aliphatic heterocycles. The summed E-state index contributed by atoms with van der Waals surface area (Å²) in [6, 6.07) is 8.28. The maximum atomic E-state index is 5.96. The highest BCUT2D eigenvalue weighted by Crippen LogP contribution is 2.30. The standard InChI is InChI=1S/C12H17N3/c1-12(2,3)15-10-7-5-4-6-9(10)8-14-11(15)13/h4-7H,8H2,1-3H3,(H2,13,14). The number of nitrogens with zero attached hydrogens (tertiary/aromatic N) is 2. The summed E-state index contributed by atoms with van der Waals surface area (Å²) < 4.78 is 0. The van der Waals surface area contributed by atoms with Crippen LogP contribution in [0.15, 0.2) is 29.3 Å². The van der Waals surface area contributed by atoms with Gasteiger partial charge in [0.15, 0.2) is 5.96 Å². The molecule has 3 nitrogen and oxygen atoms in total. The number of anilines is 1. The molecule has 1 aromatic rings. The second kappa shape index (κ2) is 3.26. The summed E-state index contributed by atoms with van der Waals surface area (Å²) in [7, 11) is 0. The Bertz CT molecular complexity index is 402. The van der Waals surface area contributed by atoms with E-state index >= 15 is 0 Å². The summed E-state index contributed by atoms with van der Waals surface area (Å²) >= 11 is 0. The number of hydrogen-bond acceptors (Lipinski definition) is 3. The predicted octanol–water partition coefficient (Wildman–Crippen LogP) is 2.12. The molecule has 0 saturated heterocycles. The smallest absolute Gasteiger partial charge is 0.196 e. The van der Waals surface area contributed by atoms with Gasteiger partial charge in [-0.15, -0.1) is 0 Å². The van der Waals surface area contributed by atoms with E-state index in [9.17, 15) is 0 Å². The third-order valence-corrected chi connectivity index (χ3v) is 2.54. The van der Waals surface area contributed by atoms with Crippen LogP contribution in [0.5, 0.6) is 0 Å². The molecule has 0 aromatic heterocycles. The Balaban J connectivity index is 2.52. The van der Waals surface area contributed by atoms with Crippen LogP contribution in [0.25, 0.3) is 0 Å². The lowest BCUT2D eigenvalue weighted by atomic mass is 10.0. The average Bonchev–Trinajstić information content (AvgIpc) is 2.15. The van der Waals surface area contributed by atoms with Gasteiger partial charge in [-0.3, -0.25) is 0 Å². The van der Waals surface area contributed by atoms with Crippen molar-refractivity contribution >= 4 is 11.6 Å². The third kappa shape index (κ3) is 1.69. The van der Waals surface area contributed by atoms with Crippen molar-refractivity contribution in [2.75, 3.05) is 4.90 Å². The highest BCUT2D eigenvalue weighted by Gasteiger charge is 2.28. The minimum absolute atomic E-state index is 0.0376. The molecule has 3 heteroatoms. The first-order valence-electron chi connectivity index (χ1n) is 5.18. The van der Waals surface area contributed by atoms with Crippen molar-refractivity contribution in [3.8, 4) is 0 Å². The van der Waals surface area contributed by atoms with Gasteiger partial charge in [0.1, 0.15) is 0 Å². The monoisotopic (exact) mass is 203 g/mol. The van der Waals surface area contributed by atoms with Crippen LogP contribution in [-0.2, 0) is 6.54 Å². The Kier molecular flexibility index (Phi) is 2.18. The molecule has 2 N–H and O–H groups in total. The van der Waals surface area contributed by atoms with E-state index < -0.39 is 0 Å². The highest BCUT2D eigenvalue weighted by atomic mass is 15.3. The van der Waals surface area contributed by atoms with Crippen molar-refractivity contribution in [2.45, 2.75) is 32.9 Å². The highest BCUT2D eigenvalue weighted by molar-refractivity contribution is 5.98. The zero-order chi connectivity index (χ0) is 11.1. The number of fused-ring (bicyclic) bond motifs is 1. The predicted molar refractivity (Wildman–Crippen MR) is 64.0 cm³/mol. The number of para-hydroxylation sites is 1. The Morgan fingerprint density at radius 3 is 2.60 bits per heavy atom. The molecule has 0 bridgehead atoms. The van der Waals surface area contributed by atoms with Gasteiger partial charge in [0.25, 0.3) is 0 Å². The summed E-state index contributed by atoms with van der Waals surface area (Å²) in [5.74, 6) is 0.612. The Morgan fingerprint density at radius 2 is 1.93 bits per heavy atom. The van der Waals surface area contributed by atoms with E-state index in [2.05, 4.69) is 42.8 Å². The number of hydrogen-bond donors (Lipinski definition) is 1. The second-order valence-electron chi connectivity index (χ2n) is 4.81. The molecular weight excluding hydrogens is 186 g/mol. The maximum absolute atomic E-state index is 5.96. The van der Waals surface area contributed by atoms with E-state index in [1.807, 2.05) is 12.1 Å². The van der Waals surface area contributed by atoms with Crippen molar-refractivity contribution in [3.05, 3.63) is 29.8 Å². The molecule has 1 heterocycles. The van der Waals surface area contributed by atoms with Crippen LogP contribution >= 0.6 is 0 Å². The number of guanidine groups is 1. The van der Waals surface area contributed by atoms with E-state index in [4.69, 9.17) is 5.73 Å². The van der Waals surface area contributed by atoms with Crippen LogP contribution < -0.4 is 10.6 Å². The van der Waals surface area contributed by atoms with Crippen LogP contribution in [0, 0.1) is 0 Å². The normalized spacial score (nSPS) is 15.9. The largest absolute Gasteiger partial charge is 0.369 e. The molecule has 0 atom stereocenters. The van der Waals surface area contributed by atoms with Gasteiger partial charge in [-0.05, 0) is 32.4 Å². The molecular formula is C12H17N3. The van der Waals surface area contributed by atoms with E-state index in [1.54, 1.807) is 0 Å². The Hall–Kier alpha value is -1.51. The van der Waals surface area contributed by atoms with Crippen LogP contribution in [0.4, 0.5) is 5.69 Å². The first-order chi connectivity index (χ1) is 7.00. The minimum Gasteiger partial charge on any atom is -0.369 e. The summed E-state index contributed by atoms with van der Waals surface area (Å²) in [5.41, 5.74) is 8.33. The van der Waals surface area contributed by atoms with Crippen LogP contribution in [-0.4, -0.2) is 11.5 Å².